The summed E-state index contributed by atoms with van der Waals surface area (Å²) in [6.45, 7) is 7.55. The van der Waals surface area contributed by atoms with Gasteiger partial charge in [-0.1, -0.05) is 26.8 Å². The lowest BCUT2D eigenvalue weighted by molar-refractivity contribution is -0.152. The molecule has 0 aromatic heterocycles. The molecule has 1 unspecified atom stereocenters. The van der Waals surface area contributed by atoms with Gasteiger partial charge < -0.3 is 25.0 Å². The second-order valence-electron chi connectivity index (χ2n) is 7.40. The Bertz CT molecular complexity index is 707. The van der Waals surface area contributed by atoms with E-state index in [2.05, 4.69) is 10.6 Å². The Balaban J connectivity index is 1.94. The molecule has 2 amide bonds. The highest BCUT2D eigenvalue weighted by Crippen LogP contribution is 2.18. The average Bonchev–Trinajstić information content (AvgIpc) is 2.70. The highest BCUT2D eigenvalue weighted by atomic mass is 16.5. The summed E-state index contributed by atoms with van der Waals surface area (Å²) >= 11 is 0. The van der Waals surface area contributed by atoms with Crippen molar-refractivity contribution in [1.29, 1.82) is 0 Å². The highest BCUT2D eigenvalue weighted by Gasteiger charge is 2.35. The van der Waals surface area contributed by atoms with Crippen LogP contribution in [-0.2, 0) is 19.1 Å². The van der Waals surface area contributed by atoms with Crippen LogP contribution in [0.25, 0.3) is 0 Å². The van der Waals surface area contributed by atoms with Gasteiger partial charge in [0.1, 0.15) is 11.8 Å². The van der Waals surface area contributed by atoms with E-state index >= 15 is 0 Å². The first-order valence-electron chi connectivity index (χ1n) is 10.1. The predicted molar refractivity (Wildman–Crippen MR) is 110 cm³/mol. The molecule has 1 aromatic carbocycles. The number of carbonyl (C=O) groups is 3. The van der Waals surface area contributed by atoms with Gasteiger partial charge in [0, 0.05) is 24.8 Å². The third kappa shape index (κ3) is 7.29. The van der Waals surface area contributed by atoms with Gasteiger partial charge in [-0.15, -0.1) is 0 Å². The summed E-state index contributed by atoms with van der Waals surface area (Å²) in [5.74, 6) is -0.125. The Kier molecular flexibility index (Phi) is 8.76. The van der Waals surface area contributed by atoms with E-state index in [4.69, 9.17) is 9.47 Å². The molecule has 2 rings (SSSR count). The van der Waals surface area contributed by atoms with E-state index in [0.29, 0.717) is 26.3 Å². The van der Waals surface area contributed by atoms with Gasteiger partial charge in [-0.05, 0) is 24.5 Å². The van der Waals surface area contributed by atoms with Gasteiger partial charge >= 0.3 is 5.97 Å². The van der Waals surface area contributed by atoms with Crippen molar-refractivity contribution in [2.75, 3.05) is 38.2 Å². The van der Waals surface area contributed by atoms with Crippen molar-refractivity contribution < 1.29 is 23.9 Å². The van der Waals surface area contributed by atoms with E-state index in [1.807, 2.05) is 45.0 Å². The number of nitrogens with one attached hydrogen (secondary N) is 2. The minimum absolute atomic E-state index is 0.0159. The van der Waals surface area contributed by atoms with Crippen molar-refractivity contribution in [2.24, 2.45) is 5.92 Å². The van der Waals surface area contributed by atoms with E-state index in [0.717, 1.165) is 17.9 Å². The van der Waals surface area contributed by atoms with Crippen molar-refractivity contribution in [1.82, 2.24) is 10.2 Å². The van der Waals surface area contributed by atoms with Gasteiger partial charge in [0.25, 0.3) is 0 Å². The average molecular weight is 405 g/mol. The molecule has 0 saturated carbocycles. The number of rotatable bonds is 10. The monoisotopic (exact) mass is 405 g/mol. The first-order valence-corrected chi connectivity index (χ1v) is 10.1. The molecule has 160 valence electrons. The lowest BCUT2D eigenvalue weighted by Gasteiger charge is -2.34. The number of piperazine rings is 1. The molecule has 2 N–H and O–H groups in total. The zero-order valence-electron chi connectivity index (χ0n) is 17.4. The Morgan fingerprint density at radius 3 is 2.86 bits per heavy atom. The SMILES string of the molecule is CCCOc1cccc(NCC(=O)N2CCNC(=O)C2CC(=O)OCC(C)C)c1. The van der Waals surface area contributed by atoms with E-state index in [-0.39, 0.29) is 30.7 Å². The molecule has 1 atom stereocenters. The Morgan fingerprint density at radius 2 is 2.14 bits per heavy atom. The maximum atomic E-state index is 12.7. The van der Waals surface area contributed by atoms with E-state index in [1.54, 1.807) is 0 Å². The predicted octanol–water partition coefficient (Wildman–Crippen LogP) is 1.80. The van der Waals surface area contributed by atoms with Crippen LogP contribution in [0.5, 0.6) is 5.75 Å². The summed E-state index contributed by atoms with van der Waals surface area (Å²) in [5.41, 5.74) is 0.751. The summed E-state index contributed by atoms with van der Waals surface area (Å²) in [4.78, 5) is 38.5. The standard InChI is InChI=1S/C21H31N3O5/c1-4-10-28-17-7-5-6-16(11-17)23-13-19(25)24-9-8-22-21(27)18(24)12-20(26)29-14-15(2)3/h5-7,11,15,18,23H,4,8-10,12-14H2,1-3H3,(H,22,27). The third-order valence-corrected chi connectivity index (χ3v) is 4.34. The Hall–Kier alpha value is -2.77. The van der Waals surface area contributed by atoms with E-state index < -0.39 is 12.0 Å². The van der Waals surface area contributed by atoms with Crippen LogP contribution >= 0.6 is 0 Å². The number of hydrogen-bond acceptors (Lipinski definition) is 6. The molecule has 0 spiro atoms. The molecule has 8 nitrogen and oxygen atoms in total. The number of benzene rings is 1. The lowest BCUT2D eigenvalue weighted by atomic mass is 10.1. The maximum Gasteiger partial charge on any atom is 0.308 e. The van der Waals surface area contributed by atoms with E-state index in [9.17, 15) is 14.4 Å². The quantitative estimate of drug-likeness (QED) is 0.576. The molecule has 1 saturated heterocycles. The zero-order chi connectivity index (χ0) is 21.2. The minimum Gasteiger partial charge on any atom is -0.494 e. The normalized spacial score (nSPS) is 16.3. The van der Waals surface area contributed by atoms with Crippen LogP contribution in [0, 0.1) is 5.92 Å². The second-order valence-corrected chi connectivity index (χ2v) is 7.40. The van der Waals surface area contributed by atoms with Crippen LogP contribution in [0.3, 0.4) is 0 Å². The van der Waals surface area contributed by atoms with Crippen LogP contribution in [-0.4, -0.2) is 61.6 Å². The van der Waals surface area contributed by atoms with Gasteiger partial charge in [0.15, 0.2) is 0 Å². The number of ether oxygens (including phenoxy) is 2. The summed E-state index contributed by atoms with van der Waals surface area (Å²) in [7, 11) is 0. The summed E-state index contributed by atoms with van der Waals surface area (Å²) < 4.78 is 10.8. The summed E-state index contributed by atoms with van der Waals surface area (Å²) in [5, 5.41) is 5.78. The van der Waals surface area contributed by atoms with Crippen LogP contribution in [0.1, 0.15) is 33.6 Å². The number of carbonyl (C=O) groups excluding carboxylic acids is 3. The number of amides is 2. The van der Waals surface area contributed by atoms with Gasteiger partial charge in [-0.25, -0.2) is 0 Å². The number of nitrogens with zero attached hydrogens (tertiary/aromatic N) is 1. The van der Waals surface area contributed by atoms with Gasteiger partial charge in [0.2, 0.25) is 11.8 Å². The minimum atomic E-state index is -0.850. The molecular weight excluding hydrogens is 374 g/mol. The number of hydrogen-bond donors (Lipinski definition) is 2. The molecule has 1 heterocycles. The largest absolute Gasteiger partial charge is 0.494 e. The molecule has 0 bridgehead atoms. The number of esters is 1. The van der Waals surface area contributed by atoms with Gasteiger partial charge in [-0.2, -0.15) is 0 Å². The molecular formula is C21H31N3O5. The van der Waals surface area contributed by atoms with Crippen LogP contribution in [0.15, 0.2) is 24.3 Å². The topological polar surface area (TPSA) is 97.0 Å². The molecule has 0 radical (unpaired) electrons. The third-order valence-electron chi connectivity index (χ3n) is 4.34. The Morgan fingerprint density at radius 1 is 1.34 bits per heavy atom. The molecule has 1 aliphatic heterocycles. The fourth-order valence-electron chi connectivity index (χ4n) is 2.89. The molecule has 0 aliphatic carbocycles. The second kappa shape index (κ2) is 11.3. The Labute approximate surface area is 171 Å². The molecule has 8 heteroatoms. The van der Waals surface area contributed by atoms with Crippen LogP contribution in [0.2, 0.25) is 0 Å². The maximum absolute atomic E-state index is 12.7. The van der Waals surface area contributed by atoms with Gasteiger partial charge in [-0.3, -0.25) is 14.4 Å². The number of anilines is 1. The van der Waals surface area contributed by atoms with Crippen molar-refractivity contribution in [2.45, 2.75) is 39.7 Å². The van der Waals surface area contributed by atoms with Crippen LogP contribution in [0.4, 0.5) is 5.69 Å². The van der Waals surface area contributed by atoms with Crippen molar-refractivity contribution >= 4 is 23.5 Å². The lowest BCUT2D eigenvalue weighted by Crippen LogP contribution is -2.58. The highest BCUT2D eigenvalue weighted by molar-refractivity contribution is 5.93. The first kappa shape index (κ1) is 22.5. The van der Waals surface area contributed by atoms with Crippen molar-refractivity contribution in [3.8, 4) is 5.75 Å². The molecule has 1 aromatic rings. The fourth-order valence-corrected chi connectivity index (χ4v) is 2.89. The summed E-state index contributed by atoms with van der Waals surface area (Å²) in [6, 6.07) is 6.52. The molecule has 1 fully saturated rings. The van der Waals surface area contributed by atoms with Crippen molar-refractivity contribution in [3.05, 3.63) is 24.3 Å². The van der Waals surface area contributed by atoms with Gasteiger partial charge in [0.05, 0.1) is 26.2 Å². The molecule has 29 heavy (non-hydrogen) atoms. The zero-order valence-corrected chi connectivity index (χ0v) is 17.4. The smallest absolute Gasteiger partial charge is 0.308 e. The molecule has 1 aliphatic rings. The fraction of sp³-hybridized carbons (Fsp3) is 0.571. The van der Waals surface area contributed by atoms with Crippen molar-refractivity contribution in [3.63, 3.8) is 0 Å². The summed E-state index contributed by atoms with van der Waals surface area (Å²) in [6.07, 6.45) is 0.763. The van der Waals surface area contributed by atoms with E-state index in [1.165, 1.54) is 4.90 Å². The van der Waals surface area contributed by atoms with Crippen LogP contribution < -0.4 is 15.4 Å². The first-order chi connectivity index (χ1) is 13.9.